The summed E-state index contributed by atoms with van der Waals surface area (Å²) in [5.41, 5.74) is -0.411. The highest BCUT2D eigenvalue weighted by molar-refractivity contribution is 6.30. The molecule has 0 fully saturated rings. The van der Waals surface area contributed by atoms with Gasteiger partial charge < -0.3 is 10.4 Å². The molecule has 1 aromatic carbocycles. The van der Waals surface area contributed by atoms with Crippen LogP contribution in [0.1, 0.15) is 31.1 Å². The van der Waals surface area contributed by atoms with E-state index in [9.17, 15) is 9.90 Å². The Balaban J connectivity index is 2.62. The lowest BCUT2D eigenvalue weighted by molar-refractivity contribution is 0.0142. The van der Waals surface area contributed by atoms with Gasteiger partial charge in [-0.15, -0.1) is 0 Å². The van der Waals surface area contributed by atoms with E-state index in [4.69, 9.17) is 11.6 Å². The van der Waals surface area contributed by atoms with Gasteiger partial charge in [0, 0.05) is 17.1 Å². The van der Waals surface area contributed by atoms with Gasteiger partial charge in [-0.05, 0) is 31.0 Å². The zero-order valence-electron chi connectivity index (χ0n) is 10.3. The minimum absolute atomic E-state index is 0.0714. The average Bonchev–Trinajstić information content (AvgIpc) is 2.25. The highest BCUT2D eigenvalue weighted by Gasteiger charge is 2.25. The molecule has 1 unspecified atom stereocenters. The van der Waals surface area contributed by atoms with Crippen molar-refractivity contribution >= 4 is 17.5 Å². The van der Waals surface area contributed by atoms with Crippen LogP contribution in [0.3, 0.4) is 0 Å². The Bertz CT molecular complexity index is 402. The first-order valence-corrected chi connectivity index (χ1v) is 5.97. The molecule has 1 aromatic rings. The van der Waals surface area contributed by atoms with Crippen LogP contribution in [-0.4, -0.2) is 23.2 Å². The van der Waals surface area contributed by atoms with Gasteiger partial charge in [0.1, 0.15) is 0 Å². The van der Waals surface area contributed by atoms with Crippen molar-refractivity contribution in [3.05, 3.63) is 34.9 Å². The van der Waals surface area contributed by atoms with Crippen molar-refractivity contribution in [2.45, 2.75) is 26.4 Å². The fourth-order valence-corrected chi connectivity index (χ4v) is 1.39. The molecule has 2 N–H and O–H groups in total. The summed E-state index contributed by atoms with van der Waals surface area (Å²) in [7, 11) is 0. The largest absolute Gasteiger partial charge is 0.388 e. The van der Waals surface area contributed by atoms with Gasteiger partial charge in [-0.3, -0.25) is 4.79 Å². The molecule has 3 nitrogen and oxygen atoms in total. The molecule has 1 amide bonds. The average molecular weight is 256 g/mol. The zero-order valence-corrected chi connectivity index (χ0v) is 11.1. The third kappa shape index (κ3) is 4.02. The van der Waals surface area contributed by atoms with Crippen LogP contribution in [0.15, 0.2) is 24.3 Å². The molecule has 0 spiro atoms. The van der Waals surface area contributed by atoms with E-state index in [1.54, 1.807) is 31.2 Å². The number of nitrogens with one attached hydrogen (secondary N) is 1. The normalized spacial score (nSPS) is 14.5. The van der Waals surface area contributed by atoms with Crippen LogP contribution < -0.4 is 5.32 Å². The number of carbonyl (C=O) groups is 1. The Morgan fingerprint density at radius 3 is 2.71 bits per heavy atom. The third-order valence-corrected chi connectivity index (χ3v) is 3.17. The Morgan fingerprint density at radius 2 is 2.18 bits per heavy atom. The SMILES string of the molecule is CC(C)C(C)(O)CNC(=O)c1cccc(Cl)c1. The maximum atomic E-state index is 11.8. The maximum absolute atomic E-state index is 11.8. The quantitative estimate of drug-likeness (QED) is 0.868. The first-order valence-electron chi connectivity index (χ1n) is 5.59. The Hall–Kier alpha value is -1.06. The van der Waals surface area contributed by atoms with Crippen LogP contribution in [0.25, 0.3) is 0 Å². The molecule has 0 aliphatic rings. The van der Waals surface area contributed by atoms with Gasteiger partial charge in [0.2, 0.25) is 0 Å². The van der Waals surface area contributed by atoms with E-state index in [0.717, 1.165) is 0 Å². The van der Waals surface area contributed by atoms with E-state index in [-0.39, 0.29) is 18.4 Å². The Morgan fingerprint density at radius 1 is 1.53 bits per heavy atom. The monoisotopic (exact) mass is 255 g/mol. The number of carbonyl (C=O) groups excluding carboxylic acids is 1. The Kier molecular flexibility index (Phi) is 4.54. The molecule has 0 aromatic heterocycles. The topological polar surface area (TPSA) is 49.3 Å². The second-order valence-electron chi connectivity index (χ2n) is 4.70. The highest BCUT2D eigenvalue weighted by atomic mass is 35.5. The molecule has 1 atom stereocenters. The molecule has 0 saturated carbocycles. The fraction of sp³-hybridized carbons (Fsp3) is 0.462. The number of hydrogen-bond acceptors (Lipinski definition) is 2. The predicted molar refractivity (Wildman–Crippen MR) is 69.2 cm³/mol. The molecule has 0 heterocycles. The molecule has 1 rings (SSSR count). The van der Waals surface area contributed by atoms with Gasteiger partial charge in [-0.25, -0.2) is 0 Å². The lowest BCUT2D eigenvalue weighted by Crippen LogP contribution is -2.44. The van der Waals surface area contributed by atoms with Gasteiger partial charge in [0.05, 0.1) is 5.60 Å². The van der Waals surface area contributed by atoms with Crippen molar-refractivity contribution < 1.29 is 9.90 Å². The summed E-state index contributed by atoms with van der Waals surface area (Å²) >= 11 is 5.80. The molecule has 0 radical (unpaired) electrons. The molecule has 0 saturated heterocycles. The van der Waals surface area contributed by atoms with Crippen LogP contribution >= 0.6 is 11.6 Å². The van der Waals surface area contributed by atoms with Crippen molar-refractivity contribution in [1.82, 2.24) is 5.32 Å². The standard InChI is InChI=1S/C13H18ClNO2/c1-9(2)13(3,17)8-15-12(16)10-5-4-6-11(14)7-10/h4-7,9,17H,8H2,1-3H3,(H,15,16). The molecule has 4 heteroatoms. The summed E-state index contributed by atoms with van der Waals surface area (Å²) in [5, 5.41) is 13.2. The van der Waals surface area contributed by atoms with Crippen molar-refractivity contribution in [1.29, 1.82) is 0 Å². The summed E-state index contributed by atoms with van der Waals surface area (Å²) in [6.45, 7) is 5.74. The molecular formula is C13H18ClNO2. The number of aliphatic hydroxyl groups is 1. The molecule has 0 aliphatic heterocycles. The fourth-order valence-electron chi connectivity index (χ4n) is 1.20. The number of rotatable bonds is 4. The second-order valence-corrected chi connectivity index (χ2v) is 5.14. The molecule has 17 heavy (non-hydrogen) atoms. The number of benzene rings is 1. The van der Waals surface area contributed by atoms with Crippen molar-refractivity contribution in [3.8, 4) is 0 Å². The zero-order chi connectivity index (χ0) is 13.1. The lowest BCUT2D eigenvalue weighted by Gasteiger charge is -2.27. The van der Waals surface area contributed by atoms with E-state index in [1.165, 1.54) is 0 Å². The summed E-state index contributed by atoms with van der Waals surface area (Å²) in [5.74, 6) is -0.157. The van der Waals surface area contributed by atoms with Gasteiger partial charge in [-0.2, -0.15) is 0 Å². The van der Waals surface area contributed by atoms with Gasteiger partial charge in [0.25, 0.3) is 5.91 Å². The molecule has 94 valence electrons. The van der Waals surface area contributed by atoms with E-state index in [2.05, 4.69) is 5.32 Å². The lowest BCUT2D eigenvalue weighted by atomic mass is 9.92. The van der Waals surface area contributed by atoms with Crippen LogP contribution in [0.4, 0.5) is 0 Å². The van der Waals surface area contributed by atoms with Crippen LogP contribution in [0.5, 0.6) is 0 Å². The van der Waals surface area contributed by atoms with E-state index in [0.29, 0.717) is 10.6 Å². The second kappa shape index (κ2) is 5.52. The van der Waals surface area contributed by atoms with E-state index >= 15 is 0 Å². The van der Waals surface area contributed by atoms with Crippen molar-refractivity contribution in [2.75, 3.05) is 6.54 Å². The predicted octanol–water partition coefficient (Wildman–Crippen LogP) is 2.48. The summed E-state index contributed by atoms with van der Waals surface area (Å²) in [6.07, 6.45) is 0. The van der Waals surface area contributed by atoms with Gasteiger partial charge in [-0.1, -0.05) is 31.5 Å². The first kappa shape index (κ1) is 14.0. The molecule has 0 bridgehead atoms. The van der Waals surface area contributed by atoms with E-state index in [1.807, 2.05) is 13.8 Å². The van der Waals surface area contributed by atoms with Crippen molar-refractivity contribution in [3.63, 3.8) is 0 Å². The smallest absolute Gasteiger partial charge is 0.251 e. The molecular weight excluding hydrogens is 238 g/mol. The summed E-state index contributed by atoms with van der Waals surface area (Å²) < 4.78 is 0. The first-order chi connectivity index (χ1) is 7.83. The third-order valence-electron chi connectivity index (χ3n) is 2.94. The van der Waals surface area contributed by atoms with Gasteiger partial charge in [0.15, 0.2) is 0 Å². The van der Waals surface area contributed by atoms with Gasteiger partial charge >= 0.3 is 0 Å². The van der Waals surface area contributed by atoms with Crippen LogP contribution in [0.2, 0.25) is 5.02 Å². The minimum Gasteiger partial charge on any atom is -0.388 e. The van der Waals surface area contributed by atoms with Crippen molar-refractivity contribution in [2.24, 2.45) is 5.92 Å². The number of hydrogen-bond donors (Lipinski definition) is 2. The summed E-state index contributed by atoms with van der Waals surface area (Å²) in [4.78, 5) is 11.8. The van der Waals surface area contributed by atoms with Crippen LogP contribution in [0, 0.1) is 5.92 Å². The number of halogens is 1. The Labute approximate surface area is 107 Å². The van der Waals surface area contributed by atoms with Crippen LogP contribution in [-0.2, 0) is 0 Å². The maximum Gasteiger partial charge on any atom is 0.251 e. The molecule has 0 aliphatic carbocycles. The highest BCUT2D eigenvalue weighted by Crippen LogP contribution is 2.15. The summed E-state index contributed by atoms with van der Waals surface area (Å²) in [6, 6.07) is 6.72. The minimum atomic E-state index is -0.908. The van der Waals surface area contributed by atoms with E-state index < -0.39 is 5.60 Å². The number of amides is 1.